The maximum atomic E-state index is 6.42. The van der Waals surface area contributed by atoms with Gasteiger partial charge in [-0.2, -0.15) is 0 Å². The smallest absolute Gasteiger partial charge is 0.0471 e. The molecular formula is C16H26ClN3. The Hall–Kier alpha value is -0.770. The molecule has 0 aromatic heterocycles. The monoisotopic (exact) mass is 295 g/mol. The Balaban J connectivity index is 2.04. The standard InChI is InChI=1S/C16H26ClN3/c1-13(2)18-12-14-5-6-15(11-16(14)17)20-8-4-7-19(3)9-10-20/h5-6,11,13,18H,4,7-10,12H2,1-3H3. The van der Waals surface area contributed by atoms with Crippen molar-refractivity contribution in [3.8, 4) is 0 Å². The zero-order valence-corrected chi connectivity index (χ0v) is 13.6. The zero-order valence-electron chi connectivity index (χ0n) is 12.8. The van der Waals surface area contributed by atoms with Crippen molar-refractivity contribution in [2.75, 3.05) is 38.1 Å². The molecule has 0 aliphatic carbocycles. The molecule has 1 saturated heterocycles. The third kappa shape index (κ3) is 4.37. The molecule has 0 atom stereocenters. The van der Waals surface area contributed by atoms with Gasteiger partial charge in [0, 0.05) is 42.9 Å². The fraction of sp³-hybridized carbons (Fsp3) is 0.625. The highest BCUT2D eigenvalue weighted by Gasteiger charge is 2.13. The second-order valence-corrected chi connectivity index (χ2v) is 6.36. The first-order valence-electron chi connectivity index (χ1n) is 7.51. The van der Waals surface area contributed by atoms with Gasteiger partial charge < -0.3 is 15.1 Å². The van der Waals surface area contributed by atoms with Crippen molar-refractivity contribution in [2.24, 2.45) is 0 Å². The second kappa shape index (κ2) is 7.30. The summed E-state index contributed by atoms with van der Waals surface area (Å²) in [5.74, 6) is 0. The number of benzene rings is 1. The van der Waals surface area contributed by atoms with Crippen molar-refractivity contribution in [1.29, 1.82) is 0 Å². The summed E-state index contributed by atoms with van der Waals surface area (Å²) in [6, 6.07) is 6.95. The highest BCUT2D eigenvalue weighted by Crippen LogP contribution is 2.24. The Morgan fingerprint density at radius 3 is 2.70 bits per heavy atom. The number of hydrogen-bond donors (Lipinski definition) is 1. The summed E-state index contributed by atoms with van der Waals surface area (Å²) in [5, 5.41) is 4.28. The van der Waals surface area contributed by atoms with E-state index in [1.54, 1.807) is 0 Å². The first-order valence-corrected chi connectivity index (χ1v) is 7.89. The number of nitrogens with one attached hydrogen (secondary N) is 1. The predicted molar refractivity (Wildman–Crippen MR) is 87.8 cm³/mol. The van der Waals surface area contributed by atoms with Crippen molar-refractivity contribution in [2.45, 2.75) is 32.9 Å². The normalized spacial score (nSPS) is 17.6. The molecule has 0 spiro atoms. The maximum absolute atomic E-state index is 6.42. The number of likely N-dealkylation sites (N-methyl/N-ethyl adjacent to an activating group) is 1. The van der Waals surface area contributed by atoms with Gasteiger partial charge in [-0.05, 0) is 37.7 Å². The molecule has 112 valence electrons. The van der Waals surface area contributed by atoms with Gasteiger partial charge in [0.05, 0.1) is 0 Å². The molecule has 3 nitrogen and oxygen atoms in total. The first kappa shape index (κ1) is 15.6. The van der Waals surface area contributed by atoms with Gasteiger partial charge in [-0.3, -0.25) is 0 Å². The fourth-order valence-corrected chi connectivity index (χ4v) is 2.74. The SMILES string of the molecule is CC(C)NCc1ccc(N2CCCN(C)CC2)cc1Cl. The van der Waals surface area contributed by atoms with Crippen LogP contribution in [0.2, 0.25) is 5.02 Å². The Morgan fingerprint density at radius 1 is 1.20 bits per heavy atom. The van der Waals surface area contributed by atoms with Crippen LogP contribution in [0.3, 0.4) is 0 Å². The van der Waals surface area contributed by atoms with E-state index < -0.39 is 0 Å². The average Bonchev–Trinajstić information content (AvgIpc) is 2.62. The molecule has 2 rings (SSSR count). The van der Waals surface area contributed by atoms with Crippen LogP contribution in [0.25, 0.3) is 0 Å². The van der Waals surface area contributed by atoms with Crippen molar-refractivity contribution >= 4 is 17.3 Å². The van der Waals surface area contributed by atoms with Gasteiger partial charge >= 0.3 is 0 Å². The molecule has 1 aromatic carbocycles. The molecule has 0 radical (unpaired) electrons. The highest BCUT2D eigenvalue weighted by atomic mass is 35.5. The topological polar surface area (TPSA) is 18.5 Å². The molecule has 1 N–H and O–H groups in total. The molecule has 0 bridgehead atoms. The molecule has 0 unspecified atom stereocenters. The summed E-state index contributed by atoms with van der Waals surface area (Å²) in [4.78, 5) is 4.83. The summed E-state index contributed by atoms with van der Waals surface area (Å²) in [6.45, 7) is 9.63. The van der Waals surface area contributed by atoms with Crippen molar-refractivity contribution in [3.05, 3.63) is 28.8 Å². The second-order valence-electron chi connectivity index (χ2n) is 5.96. The van der Waals surface area contributed by atoms with Gasteiger partial charge in [0.25, 0.3) is 0 Å². The van der Waals surface area contributed by atoms with Gasteiger partial charge in [-0.25, -0.2) is 0 Å². The van der Waals surface area contributed by atoms with Crippen LogP contribution in [0.5, 0.6) is 0 Å². The van der Waals surface area contributed by atoms with Gasteiger partial charge in [0.15, 0.2) is 0 Å². The van der Waals surface area contributed by atoms with Gasteiger partial charge in [0.2, 0.25) is 0 Å². The minimum Gasteiger partial charge on any atom is -0.370 e. The molecule has 0 saturated carbocycles. The zero-order chi connectivity index (χ0) is 14.5. The fourth-order valence-electron chi connectivity index (χ4n) is 2.50. The summed E-state index contributed by atoms with van der Waals surface area (Å²) in [7, 11) is 2.19. The summed E-state index contributed by atoms with van der Waals surface area (Å²) in [5.41, 5.74) is 2.43. The van der Waals surface area contributed by atoms with Crippen LogP contribution < -0.4 is 10.2 Å². The van der Waals surface area contributed by atoms with Crippen LogP contribution in [0, 0.1) is 0 Å². The van der Waals surface area contributed by atoms with Gasteiger partial charge in [-0.1, -0.05) is 31.5 Å². The largest absolute Gasteiger partial charge is 0.370 e. The molecule has 4 heteroatoms. The molecular weight excluding hydrogens is 270 g/mol. The number of nitrogens with zero attached hydrogens (tertiary/aromatic N) is 2. The van der Waals surface area contributed by atoms with Crippen LogP contribution in [0.1, 0.15) is 25.8 Å². The predicted octanol–water partition coefficient (Wildman–Crippen LogP) is 2.98. The minimum absolute atomic E-state index is 0.479. The van der Waals surface area contributed by atoms with Gasteiger partial charge in [-0.15, -0.1) is 0 Å². The van der Waals surface area contributed by atoms with E-state index in [0.29, 0.717) is 6.04 Å². The van der Waals surface area contributed by atoms with Crippen molar-refractivity contribution in [1.82, 2.24) is 10.2 Å². The van der Waals surface area contributed by atoms with E-state index in [1.165, 1.54) is 24.2 Å². The lowest BCUT2D eigenvalue weighted by atomic mass is 10.1. The lowest BCUT2D eigenvalue weighted by Gasteiger charge is -2.23. The molecule has 1 heterocycles. The lowest BCUT2D eigenvalue weighted by molar-refractivity contribution is 0.360. The summed E-state index contributed by atoms with van der Waals surface area (Å²) >= 11 is 6.42. The Kier molecular flexibility index (Phi) is 5.70. The Labute approximate surface area is 127 Å². The van der Waals surface area contributed by atoms with Crippen LogP contribution >= 0.6 is 11.6 Å². The van der Waals surface area contributed by atoms with Crippen LogP contribution in [0.4, 0.5) is 5.69 Å². The summed E-state index contributed by atoms with van der Waals surface area (Å²) in [6.07, 6.45) is 1.21. The maximum Gasteiger partial charge on any atom is 0.0471 e. The molecule has 0 amide bonds. The lowest BCUT2D eigenvalue weighted by Crippen LogP contribution is -2.28. The van der Waals surface area contributed by atoms with E-state index in [0.717, 1.165) is 31.2 Å². The van der Waals surface area contributed by atoms with Crippen LogP contribution in [0.15, 0.2) is 18.2 Å². The van der Waals surface area contributed by atoms with Crippen molar-refractivity contribution < 1.29 is 0 Å². The first-order chi connectivity index (χ1) is 9.56. The third-order valence-corrected chi connectivity index (χ3v) is 4.17. The van der Waals surface area contributed by atoms with E-state index in [1.807, 2.05) is 0 Å². The quantitative estimate of drug-likeness (QED) is 0.921. The van der Waals surface area contributed by atoms with E-state index >= 15 is 0 Å². The molecule has 1 aromatic rings. The average molecular weight is 296 g/mol. The molecule has 20 heavy (non-hydrogen) atoms. The van der Waals surface area contributed by atoms with Crippen molar-refractivity contribution in [3.63, 3.8) is 0 Å². The number of hydrogen-bond acceptors (Lipinski definition) is 3. The van der Waals surface area contributed by atoms with Crippen LogP contribution in [-0.2, 0) is 6.54 Å². The molecule has 1 aliphatic rings. The van der Waals surface area contributed by atoms with E-state index in [9.17, 15) is 0 Å². The number of halogens is 1. The van der Waals surface area contributed by atoms with E-state index in [4.69, 9.17) is 11.6 Å². The summed E-state index contributed by atoms with van der Waals surface area (Å²) < 4.78 is 0. The van der Waals surface area contributed by atoms with E-state index in [2.05, 4.69) is 54.2 Å². The van der Waals surface area contributed by atoms with Crippen LogP contribution in [-0.4, -0.2) is 44.2 Å². The minimum atomic E-state index is 0.479. The van der Waals surface area contributed by atoms with E-state index in [-0.39, 0.29) is 0 Å². The Bertz CT molecular complexity index is 434. The Morgan fingerprint density at radius 2 is 2.00 bits per heavy atom. The number of anilines is 1. The molecule has 1 fully saturated rings. The number of rotatable bonds is 4. The van der Waals surface area contributed by atoms with Gasteiger partial charge in [0.1, 0.15) is 0 Å². The third-order valence-electron chi connectivity index (χ3n) is 3.82. The molecule has 1 aliphatic heterocycles. The highest BCUT2D eigenvalue weighted by molar-refractivity contribution is 6.31.